The van der Waals surface area contributed by atoms with Crippen LogP contribution in [0.4, 0.5) is 0 Å². The van der Waals surface area contributed by atoms with E-state index in [0.717, 1.165) is 18.5 Å². The Morgan fingerprint density at radius 2 is 2.38 bits per heavy atom. The molecule has 2 N–H and O–H groups in total. The van der Waals surface area contributed by atoms with E-state index >= 15 is 0 Å². The molecule has 0 radical (unpaired) electrons. The molecule has 0 heterocycles. The lowest BCUT2D eigenvalue weighted by atomic mass is 10.1. The summed E-state index contributed by atoms with van der Waals surface area (Å²) in [5.74, 6) is 0. The van der Waals surface area contributed by atoms with E-state index in [2.05, 4.69) is 12.2 Å². The molecule has 1 aliphatic carbocycles. The van der Waals surface area contributed by atoms with Gasteiger partial charge >= 0.3 is 0 Å². The predicted molar refractivity (Wildman–Crippen MR) is 35.3 cm³/mol. The normalized spacial score (nSPS) is 19.6. The van der Waals surface area contributed by atoms with Crippen LogP contribution >= 0.6 is 0 Å². The Kier molecular flexibility index (Phi) is 1.38. The molecule has 0 aromatic carbocycles. The first-order valence-electron chi connectivity index (χ1n) is 2.92. The van der Waals surface area contributed by atoms with E-state index in [-0.39, 0.29) is 0 Å². The second kappa shape index (κ2) is 2.03. The maximum atomic E-state index is 5.61. The van der Waals surface area contributed by atoms with E-state index in [0.29, 0.717) is 0 Å². The molecule has 8 heavy (non-hydrogen) atoms. The first-order valence-corrected chi connectivity index (χ1v) is 2.92. The average Bonchev–Trinajstić information content (AvgIpc) is 1.77. The fourth-order valence-corrected chi connectivity index (χ4v) is 0.803. The topological polar surface area (TPSA) is 26.0 Å². The molecule has 0 aromatic heterocycles. The van der Waals surface area contributed by atoms with Crippen LogP contribution in [0.5, 0.6) is 0 Å². The zero-order valence-electron chi connectivity index (χ0n) is 5.15. The maximum Gasteiger partial charge on any atom is 0.0113 e. The second-order valence-corrected chi connectivity index (χ2v) is 2.15. The number of nitrogens with two attached hydrogens (primary N) is 1. The standard InChI is InChI=1S/C7H11N/c1-6-4-2-3-5-7(6)8/h2,4H,3,5,8H2,1H3. The largest absolute Gasteiger partial charge is 0.402 e. The number of rotatable bonds is 0. The summed E-state index contributed by atoms with van der Waals surface area (Å²) in [6, 6.07) is 0. The SMILES string of the molecule is CC1=C(N)CCC=C1. The average molecular weight is 109 g/mol. The van der Waals surface area contributed by atoms with Gasteiger partial charge in [0.15, 0.2) is 0 Å². The van der Waals surface area contributed by atoms with Crippen LogP contribution in [0.25, 0.3) is 0 Å². The van der Waals surface area contributed by atoms with Crippen LogP contribution in [0.3, 0.4) is 0 Å². The minimum Gasteiger partial charge on any atom is -0.402 e. The highest BCUT2D eigenvalue weighted by molar-refractivity contribution is 5.25. The smallest absolute Gasteiger partial charge is 0.0113 e. The van der Waals surface area contributed by atoms with Crippen LogP contribution in [0, 0.1) is 0 Å². The van der Waals surface area contributed by atoms with Crippen LogP contribution in [0.1, 0.15) is 19.8 Å². The fraction of sp³-hybridized carbons (Fsp3) is 0.429. The molecule has 0 unspecified atom stereocenters. The molecular formula is C7H11N. The Morgan fingerprint density at radius 1 is 1.62 bits per heavy atom. The van der Waals surface area contributed by atoms with Gasteiger partial charge in [-0.1, -0.05) is 12.2 Å². The minimum atomic E-state index is 1.04. The van der Waals surface area contributed by atoms with E-state index in [1.54, 1.807) is 0 Å². The third kappa shape index (κ3) is 0.915. The molecular weight excluding hydrogens is 98.1 g/mol. The molecule has 0 bridgehead atoms. The summed E-state index contributed by atoms with van der Waals surface area (Å²) >= 11 is 0. The molecule has 1 heteroatoms. The van der Waals surface area contributed by atoms with Crippen molar-refractivity contribution in [1.82, 2.24) is 0 Å². The van der Waals surface area contributed by atoms with Gasteiger partial charge in [-0.25, -0.2) is 0 Å². The van der Waals surface area contributed by atoms with Crippen molar-refractivity contribution in [3.05, 3.63) is 23.4 Å². The lowest BCUT2D eigenvalue weighted by molar-refractivity contribution is 0.922. The molecule has 1 nitrogen and oxygen atoms in total. The summed E-state index contributed by atoms with van der Waals surface area (Å²) in [5, 5.41) is 0. The quantitative estimate of drug-likeness (QED) is 0.502. The summed E-state index contributed by atoms with van der Waals surface area (Å²) in [4.78, 5) is 0. The molecule has 1 rings (SSSR count). The minimum absolute atomic E-state index is 1.04. The zero-order chi connectivity index (χ0) is 5.98. The van der Waals surface area contributed by atoms with Gasteiger partial charge in [0.2, 0.25) is 0 Å². The Labute approximate surface area is 49.9 Å². The van der Waals surface area contributed by atoms with Crippen LogP contribution in [0.2, 0.25) is 0 Å². The summed E-state index contributed by atoms with van der Waals surface area (Å²) in [6.07, 6.45) is 6.40. The third-order valence-electron chi connectivity index (χ3n) is 1.45. The van der Waals surface area contributed by atoms with Crippen molar-refractivity contribution < 1.29 is 0 Å². The van der Waals surface area contributed by atoms with Gasteiger partial charge < -0.3 is 5.73 Å². The van der Waals surface area contributed by atoms with Crippen molar-refractivity contribution in [2.75, 3.05) is 0 Å². The zero-order valence-corrected chi connectivity index (χ0v) is 5.15. The summed E-state index contributed by atoms with van der Waals surface area (Å²) in [5.41, 5.74) is 7.89. The van der Waals surface area contributed by atoms with E-state index in [1.807, 2.05) is 6.92 Å². The molecule has 0 amide bonds. The molecule has 0 fully saturated rings. The highest BCUT2D eigenvalue weighted by Gasteiger charge is 1.97. The molecule has 1 aliphatic rings. The highest BCUT2D eigenvalue weighted by atomic mass is 14.6. The van der Waals surface area contributed by atoms with Gasteiger partial charge in [0, 0.05) is 5.70 Å². The van der Waals surface area contributed by atoms with Gasteiger partial charge in [0.1, 0.15) is 0 Å². The van der Waals surface area contributed by atoms with E-state index < -0.39 is 0 Å². The van der Waals surface area contributed by atoms with Crippen molar-refractivity contribution in [2.24, 2.45) is 5.73 Å². The van der Waals surface area contributed by atoms with Crippen molar-refractivity contribution in [1.29, 1.82) is 0 Å². The van der Waals surface area contributed by atoms with Crippen molar-refractivity contribution in [3.63, 3.8) is 0 Å². The van der Waals surface area contributed by atoms with Gasteiger partial charge in [-0.3, -0.25) is 0 Å². The summed E-state index contributed by atoms with van der Waals surface area (Å²) in [6.45, 7) is 2.05. The first-order chi connectivity index (χ1) is 3.80. The van der Waals surface area contributed by atoms with Gasteiger partial charge in [0.25, 0.3) is 0 Å². The van der Waals surface area contributed by atoms with Crippen molar-refractivity contribution in [3.8, 4) is 0 Å². The number of hydrogen-bond acceptors (Lipinski definition) is 1. The molecule has 0 aliphatic heterocycles. The van der Waals surface area contributed by atoms with Crippen LogP contribution in [-0.2, 0) is 0 Å². The lowest BCUT2D eigenvalue weighted by Gasteiger charge is -2.06. The highest BCUT2D eigenvalue weighted by Crippen LogP contribution is 2.12. The van der Waals surface area contributed by atoms with E-state index in [1.165, 1.54) is 5.57 Å². The predicted octanol–water partition coefficient (Wildman–Crippen LogP) is 1.57. The second-order valence-electron chi connectivity index (χ2n) is 2.15. The molecule has 0 saturated heterocycles. The first kappa shape index (κ1) is 5.42. The molecule has 0 atom stereocenters. The molecule has 0 aromatic rings. The van der Waals surface area contributed by atoms with Gasteiger partial charge in [-0.05, 0) is 25.3 Å². The third-order valence-corrected chi connectivity index (χ3v) is 1.45. The maximum absolute atomic E-state index is 5.61. The van der Waals surface area contributed by atoms with Gasteiger partial charge in [-0.2, -0.15) is 0 Å². The molecule has 0 spiro atoms. The molecule has 44 valence electrons. The van der Waals surface area contributed by atoms with Gasteiger partial charge in [-0.15, -0.1) is 0 Å². The van der Waals surface area contributed by atoms with E-state index in [4.69, 9.17) is 5.73 Å². The number of allylic oxidation sites excluding steroid dienone is 4. The number of hydrogen-bond donors (Lipinski definition) is 1. The Hall–Kier alpha value is -0.720. The van der Waals surface area contributed by atoms with Crippen molar-refractivity contribution >= 4 is 0 Å². The van der Waals surface area contributed by atoms with Crippen LogP contribution in [-0.4, -0.2) is 0 Å². The van der Waals surface area contributed by atoms with Crippen molar-refractivity contribution in [2.45, 2.75) is 19.8 Å². The fourth-order valence-electron chi connectivity index (χ4n) is 0.803. The summed E-state index contributed by atoms with van der Waals surface area (Å²) < 4.78 is 0. The Balaban J connectivity index is 2.76. The van der Waals surface area contributed by atoms with Gasteiger partial charge in [0.05, 0.1) is 0 Å². The Morgan fingerprint density at radius 3 is 2.75 bits per heavy atom. The Bertz CT molecular complexity index is 142. The van der Waals surface area contributed by atoms with E-state index in [9.17, 15) is 0 Å². The monoisotopic (exact) mass is 109 g/mol. The lowest BCUT2D eigenvalue weighted by Crippen LogP contribution is -2.01. The van der Waals surface area contributed by atoms with Crippen LogP contribution < -0.4 is 5.73 Å². The molecule has 0 saturated carbocycles. The van der Waals surface area contributed by atoms with Crippen LogP contribution in [0.15, 0.2) is 23.4 Å². The summed E-state index contributed by atoms with van der Waals surface area (Å²) in [7, 11) is 0.